The molecular weight excluding hydrogens is 390 g/mol. The molecule has 0 aliphatic heterocycles. The molecule has 0 bridgehead atoms. The Kier molecular flexibility index (Phi) is 7.02. The van der Waals surface area contributed by atoms with Crippen LogP contribution in [0.3, 0.4) is 0 Å². The lowest BCUT2D eigenvalue weighted by Crippen LogP contribution is -2.45. The Hall–Kier alpha value is -2.87. The number of benzene rings is 2. The van der Waals surface area contributed by atoms with Crippen LogP contribution in [0.2, 0.25) is 0 Å². The van der Waals surface area contributed by atoms with Crippen LogP contribution < -0.4 is 14.9 Å². The molecule has 0 saturated heterocycles. The number of hydrogen-bond donors (Lipinski definition) is 2. The summed E-state index contributed by atoms with van der Waals surface area (Å²) in [5.74, 6) is -0.858. The second-order valence-corrected chi connectivity index (χ2v) is 9.09. The molecule has 0 aliphatic rings. The highest BCUT2D eigenvalue weighted by Crippen LogP contribution is 2.23. The highest BCUT2D eigenvalue weighted by Gasteiger charge is 2.29. The van der Waals surface area contributed by atoms with E-state index in [-0.39, 0.29) is 11.9 Å². The molecule has 0 radical (unpaired) electrons. The number of aryl methyl sites for hydroxylation is 1. The highest BCUT2D eigenvalue weighted by molar-refractivity contribution is 7.92. The van der Waals surface area contributed by atoms with Crippen molar-refractivity contribution in [1.82, 2.24) is 5.32 Å². The molecule has 156 valence electrons. The second-order valence-electron chi connectivity index (χ2n) is 7.23. The molecule has 29 heavy (non-hydrogen) atoms. The predicted molar refractivity (Wildman–Crippen MR) is 116 cm³/mol. The van der Waals surface area contributed by atoms with Gasteiger partial charge in [-0.25, -0.2) is 8.42 Å². The van der Waals surface area contributed by atoms with Crippen LogP contribution in [0.1, 0.15) is 36.7 Å². The summed E-state index contributed by atoms with van der Waals surface area (Å²) in [7, 11) is -3.72. The van der Waals surface area contributed by atoms with Crippen molar-refractivity contribution in [3.05, 3.63) is 59.7 Å². The number of carbonyl (C=O) groups excluding carboxylic acids is 2. The molecule has 0 spiro atoms. The van der Waals surface area contributed by atoms with Gasteiger partial charge in [-0.3, -0.25) is 13.9 Å². The quantitative estimate of drug-likeness (QED) is 0.724. The Bertz CT molecular complexity index is 985. The van der Waals surface area contributed by atoms with Gasteiger partial charge in [0.05, 0.1) is 23.2 Å². The third-order valence-corrected chi connectivity index (χ3v) is 5.47. The van der Waals surface area contributed by atoms with Crippen LogP contribution in [0, 0.1) is 6.92 Å². The molecule has 0 unspecified atom stereocenters. The van der Waals surface area contributed by atoms with E-state index in [1.807, 2.05) is 20.8 Å². The van der Waals surface area contributed by atoms with Crippen LogP contribution in [0.4, 0.5) is 11.4 Å². The number of rotatable bonds is 7. The molecule has 2 N–H and O–H groups in total. The van der Waals surface area contributed by atoms with Gasteiger partial charge in [0, 0.05) is 6.04 Å². The summed E-state index contributed by atoms with van der Waals surface area (Å²) in [6.07, 6.45) is 1.06. The molecule has 0 aliphatic carbocycles. The zero-order valence-electron chi connectivity index (χ0n) is 17.3. The molecule has 8 heteroatoms. The Morgan fingerprint density at radius 3 is 2.10 bits per heavy atom. The van der Waals surface area contributed by atoms with E-state index in [9.17, 15) is 18.0 Å². The van der Waals surface area contributed by atoms with Gasteiger partial charge in [-0.1, -0.05) is 29.8 Å². The van der Waals surface area contributed by atoms with E-state index < -0.39 is 22.0 Å². The molecule has 0 fully saturated rings. The van der Waals surface area contributed by atoms with E-state index in [0.717, 1.165) is 16.1 Å². The van der Waals surface area contributed by atoms with E-state index in [1.54, 1.807) is 48.5 Å². The number of nitrogens with one attached hydrogen (secondary N) is 2. The molecule has 2 amide bonds. The number of sulfonamides is 1. The lowest BCUT2D eigenvalue weighted by molar-refractivity contribution is -0.116. The zero-order valence-corrected chi connectivity index (χ0v) is 18.1. The van der Waals surface area contributed by atoms with Gasteiger partial charge >= 0.3 is 0 Å². The molecule has 2 aromatic carbocycles. The lowest BCUT2D eigenvalue weighted by atomic mass is 10.1. The van der Waals surface area contributed by atoms with E-state index in [1.165, 1.54) is 6.92 Å². The number of amides is 2. The first-order chi connectivity index (χ1) is 13.5. The van der Waals surface area contributed by atoms with E-state index in [2.05, 4.69) is 10.6 Å². The SMILES string of the molecule is Cc1ccc(N([C@H](C)C(=O)Nc2ccccc2C(=O)NC(C)C)S(C)(=O)=O)cc1. The van der Waals surface area contributed by atoms with Crippen molar-refractivity contribution in [3.8, 4) is 0 Å². The van der Waals surface area contributed by atoms with Crippen molar-refractivity contribution in [2.24, 2.45) is 0 Å². The van der Waals surface area contributed by atoms with Gasteiger partial charge in [0.25, 0.3) is 5.91 Å². The average Bonchev–Trinajstić information content (AvgIpc) is 2.62. The monoisotopic (exact) mass is 417 g/mol. The van der Waals surface area contributed by atoms with Crippen LogP contribution >= 0.6 is 0 Å². The molecule has 0 heterocycles. The molecule has 2 aromatic rings. The number of hydrogen-bond acceptors (Lipinski definition) is 4. The first-order valence-electron chi connectivity index (χ1n) is 9.27. The van der Waals surface area contributed by atoms with Crippen LogP contribution in [-0.2, 0) is 14.8 Å². The fourth-order valence-electron chi connectivity index (χ4n) is 2.87. The van der Waals surface area contributed by atoms with Crippen molar-refractivity contribution < 1.29 is 18.0 Å². The molecule has 0 aromatic heterocycles. The topological polar surface area (TPSA) is 95.6 Å². The summed E-state index contributed by atoms with van der Waals surface area (Å²) < 4.78 is 25.9. The van der Waals surface area contributed by atoms with Gasteiger partial charge in [-0.15, -0.1) is 0 Å². The maximum atomic E-state index is 12.9. The Morgan fingerprint density at radius 1 is 0.966 bits per heavy atom. The minimum atomic E-state index is -3.72. The summed E-state index contributed by atoms with van der Waals surface area (Å²) in [6, 6.07) is 12.4. The molecule has 2 rings (SSSR count). The Labute approximate surface area is 172 Å². The summed E-state index contributed by atoms with van der Waals surface area (Å²) in [4.78, 5) is 25.3. The average molecular weight is 418 g/mol. The van der Waals surface area contributed by atoms with E-state index in [4.69, 9.17) is 0 Å². The summed E-state index contributed by atoms with van der Waals surface area (Å²) in [6.45, 7) is 7.08. The van der Waals surface area contributed by atoms with Crippen LogP contribution in [0.5, 0.6) is 0 Å². The van der Waals surface area contributed by atoms with Gasteiger partial charge in [-0.2, -0.15) is 0 Å². The first kappa shape index (κ1) is 22.4. The van der Waals surface area contributed by atoms with Crippen LogP contribution in [0.15, 0.2) is 48.5 Å². The maximum Gasteiger partial charge on any atom is 0.253 e. The standard InChI is InChI=1S/C21H27N3O4S/c1-14(2)22-21(26)18-8-6-7-9-19(18)23-20(25)16(4)24(29(5,27)28)17-12-10-15(3)11-13-17/h6-14,16H,1-5H3,(H,22,26)(H,23,25)/t16-/m1/s1. The van der Waals surface area contributed by atoms with Crippen molar-refractivity contribution >= 4 is 33.2 Å². The smallest absolute Gasteiger partial charge is 0.253 e. The number of nitrogens with zero attached hydrogens (tertiary/aromatic N) is 1. The maximum absolute atomic E-state index is 12.9. The highest BCUT2D eigenvalue weighted by atomic mass is 32.2. The van der Waals surface area contributed by atoms with Crippen LogP contribution in [-0.4, -0.2) is 38.6 Å². The Balaban J connectivity index is 2.32. The van der Waals surface area contributed by atoms with Crippen molar-refractivity contribution in [2.45, 2.75) is 39.8 Å². The minimum Gasteiger partial charge on any atom is -0.350 e. The third-order valence-electron chi connectivity index (χ3n) is 4.23. The molecule has 1 atom stereocenters. The molecular formula is C21H27N3O4S. The van der Waals surface area contributed by atoms with Gasteiger partial charge in [-0.05, 0) is 52.0 Å². The second kappa shape index (κ2) is 9.09. The number of carbonyl (C=O) groups is 2. The fraction of sp³-hybridized carbons (Fsp3) is 0.333. The fourth-order valence-corrected chi connectivity index (χ4v) is 4.04. The largest absolute Gasteiger partial charge is 0.350 e. The summed E-state index contributed by atoms with van der Waals surface area (Å²) in [5.41, 5.74) is 2.00. The van der Waals surface area contributed by atoms with Crippen LogP contribution in [0.25, 0.3) is 0 Å². The first-order valence-corrected chi connectivity index (χ1v) is 11.1. The van der Waals surface area contributed by atoms with Crippen molar-refractivity contribution in [2.75, 3.05) is 15.9 Å². The zero-order chi connectivity index (χ0) is 21.8. The summed E-state index contributed by atoms with van der Waals surface area (Å²) in [5, 5.41) is 5.48. The third kappa shape index (κ3) is 5.80. The van der Waals surface area contributed by atoms with E-state index >= 15 is 0 Å². The number of anilines is 2. The lowest BCUT2D eigenvalue weighted by Gasteiger charge is -2.28. The normalized spacial score (nSPS) is 12.3. The molecule has 0 saturated carbocycles. The Morgan fingerprint density at radius 2 is 1.55 bits per heavy atom. The van der Waals surface area contributed by atoms with Gasteiger partial charge in [0.2, 0.25) is 15.9 Å². The molecule has 7 nitrogen and oxygen atoms in total. The van der Waals surface area contributed by atoms with E-state index in [0.29, 0.717) is 16.9 Å². The summed E-state index contributed by atoms with van der Waals surface area (Å²) >= 11 is 0. The van der Waals surface area contributed by atoms with Gasteiger partial charge < -0.3 is 10.6 Å². The number of para-hydroxylation sites is 1. The predicted octanol–water partition coefficient (Wildman–Crippen LogP) is 2.93. The van der Waals surface area contributed by atoms with Crippen molar-refractivity contribution in [3.63, 3.8) is 0 Å². The van der Waals surface area contributed by atoms with Gasteiger partial charge in [0.15, 0.2) is 0 Å². The van der Waals surface area contributed by atoms with Gasteiger partial charge in [0.1, 0.15) is 6.04 Å². The minimum absolute atomic E-state index is 0.0626. The van der Waals surface area contributed by atoms with Crippen molar-refractivity contribution in [1.29, 1.82) is 0 Å².